The zero-order chi connectivity index (χ0) is 17.3. The third kappa shape index (κ3) is 15.6. The molecule has 23 heavy (non-hydrogen) atoms. The molecule has 0 aliphatic heterocycles. The standard InChI is InChI=1S/C12H27B.C8H20N.ClH/c1-4-7-10-13(11-8-5-2)12-9-6-3;1-5-9(6-2,7-3)8-4;/h4-12H2,1-3H3;5-8H2,1-4H3;1H/q;+1;/p-1. The summed E-state index contributed by atoms with van der Waals surface area (Å²) in [5, 5.41) is 0. The minimum Gasteiger partial charge on any atom is -1.00 e. The number of hydrogen-bond acceptors (Lipinski definition) is 0. The van der Waals surface area contributed by atoms with Crippen LogP contribution in [0.3, 0.4) is 0 Å². The maximum absolute atomic E-state index is 2.30. The van der Waals surface area contributed by atoms with Crippen molar-refractivity contribution < 1.29 is 16.9 Å². The molecule has 0 atom stereocenters. The molecule has 142 valence electrons. The number of nitrogens with zero attached hydrogens (tertiary/aromatic N) is 1. The van der Waals surface area contributed by atoms with E-state index in [2.05, 4.69) is 48.5 Å². The molecule has 0 spiro atoms. The van der Waals surface area contributed by atoms with Gasteiger partial charge in [-0.25, -0.2) is 0 Å². The van der Waals surface area contributed by atoms with Crippen LogP contribution in [-0.4, -0.2) is 37.4 Å². The van der Waals surface area contributed by atoms with Gasteiger partial charge in [0, 0.05) is 0 Å². The van der Waals surface area contributed by atoms with Gasteiger partial charge in [0.1, 0.15) is 6.71 Å². The van der Waals surface area contributed by atoms with Crippen LogP contribution < -0.4 is 12.4 Å². The number of quaternary nitrogens is 1. The van der Waals surface area contributed by atoms with Crippen molar-refractivity contribution in [2.75, 3.05) is 26.2 Å². The predicted molar refractivity (Wildman–Crippen MR) is 107 cm³/mol. The second kappa shape index (κ2) is 20.4. The van der Waals surface area contributed by atoms with Crippen molar-refractivity contribution in [1.82, 2.24) is 0 Å². The van der Waals surface area contributed by atoms with Gasteiger partial charge in [-0.3, -0.25) is 0 Å². The van der Waals surface area contributed by atoms with Crippen LogP contribution in [0.4, 0.5) is 0 Å². The molecular weight excluding hydrogens is 300 g/mol. The van der Waals surface area contributed by atoms with Gasteiger partial charge in [-0.2, -0.15) is 0 Å². The molecule has 0 fully saturated rings. The molecule has 0 rings (SSSR count). The SMILES string of the molecule is CCCCB(CCCC)CCCC.CC[N+](CC)(CC)CC.[Cl-]. The van der Waals surface area contributed by atoms with Crippen LogP contribution in [0.2, 0.25) is 19.0 Å². The van der Waals surface area contributed by atoms with Crippen LogP contribution in [-0.2, 0) is 0 Å². The Balaban J connectivity index is -0.000000354. The smallest absolute Gasteiger partial charge is 0.139 e. The number of hydrogen-bond donors (Lipinski definition) is 0. The first-order valence-electron chi connectivity index (χ1n) is 10.4. The first kappa shape index (κ1) is 28.1. The van der Waals surface area contributed by atoms with Crippen molar-refractivity contribution in [1.29, 1.82) is 0 Å². The highest BCUT2D eigenvalue weighted by molar-refractivity contribution is 6.58. The summed E-state index contributed by atoms with van der Waals surface area (Å²) >= 11 is 0. The lowest BCUT2D eigenvalue weighted by molar-refractivity contribution is -0.921. The summed E-state index contributed by atoms with van der Waals surface area (Å²) in [5.41, 5.74) is 0. The summed E-state index contributed by atoms with van der Waals surface area (Å²) in [6.07, 6.45) is 12.9. The van der Waals surface area contributed by atoms with Crippen LogP contribution in [0, 0.1) is 0 Å². The Morgan fingerprint density at radius 1 is 0.522 bits per heavy atom. The maximum Gasteiger partial charge on any atom is 0.139 e. The monoisotopic (exact) mass is 347 g/mol. The molecule has 1 nitrogen and oxygen atoms in total. The predicted octanol–water partition coefficient (Wildman–Crippen LogP) is 3.77. The van der Waals surface area contributed by atoms with Gasteiger partial charge in [-0.1, -0.05) is 78.3 Å². The summed E-state index contributed by atoms with van der Waals surface area (Å²) in [5.74, 6) is 0. The minimum absolute atomic E-state index is 0. The van der Waals surface area contributed by atoms with Gasteiger partial charge in [0.2, 0.25) is 0 Å². The lowest BCUT2D eigenvalue weighted by Gasteiger charge is -2.34. The average Bonchev–Trinajstić information content (AvgIpc) is 2.57. The van der Waals surface area contributed by atoms with E-state index in [0.29, 0.717) is 0 Å². The fraction of sp³-hybridized carbons (Fsp3) is 1.00. The fourth-order valence-corrected chi connectivity index (χ4v) is 3.25. The molecule has 0 aromatic heterocycles. The highest BCUT2D eigenvalue weighted by Crippen LogP contribution is 2.16. The first-order valence-corrected chi connectivity index (χ1v) is 10.4. The largest absolute Gasteiger partial charge is 1.00 e. The van der Waals surface area contributed by atoms with E-state index in [-0.39, 0.29) is 12.4 Å². The van der Waals surface area contributed by atoms with E-state index >= 15 is 0 Å². The lowest BCUT2D eigenvalue weighted by atomic mass is 9.41. The molecular formula is C20H47BClN. The first-order chi connectivity index (χ1) is 10.6. The Morgan fingerprint density at radius 2 is 0.783 bits per heavy atom. The molecule has 0 radical (unpaired) electrons. The van der Waals surface area contributed by atoms with E-state index in [1.165, 1.54) is 88.1 Å². The summed E-state index contributed by atoms with van der Waals surface area (Å²) in [7, 11) is 0. The van der Waals surface area contributed by atoms with Gasteiger partial charge in [0.25, 0.3) is 0 Å². The number of unbranched alkanes of at least 4 members (excludes halogenated alkanes) is 3. The Kier molecular flexibility index (Phi) is 24.9. The van der Waals surface area contributed by atoms with Gasteiger partial charge in [-0.05, 0) is 27.7 Å². The fourth-order valence-electron chi connectivity index (χ4n) is 3.25. The Hall–Kier alpha value is 0.315. The maximum atomic E-state index is 2.30. The van der Waals surface area contributed by atoms with E-state index in [1.807, 2.05) is 0 Å². The number of rotatable bonds is 13. The van der Waals surface area contributed by atoms with Crippen LogP contribution in [0.5, 0.6) is 0 Å². The average molecular weight is 348 g/mol. The third-order valence-electron chi connectivity index (χ3n) is 5.58. The summed E-state index contributed by atoms with van der Waals surface area (Å²) in [6, 6.07) is 0. The van der Waals surface area contributed by atoms with Crippen LogP contribution in [0.15, 0.2) is 0 Å². The zero-order valence-electron chi connectivity index (χ0n) is 17.6. The summed E-state index contributed by atoms with van der Waals surface area (Å²) in [4.78, 5) is 0. The molecule has 0 aromatic rings. The van der Waals surface area contributed by atoms with Crippen molar-refractivity contribution in [2.24, 2.45) is 0 Å². The molecule has 0 N–H and O–H groups in total. The van der Waals surface area contributed by atoms with Crippen LogP contribution in [0.25, 0.3) is 0 Å². The molecule has 0 saturated carbocycles. The quantitative estimate of drug-likeness (QED) is 0.351. The molecule has 0 aliphatic rings. The van der Waals surface area contributed by atoms with Gasteiger partial charge in [0.05, 0.1) is 26.2 Å². The summed E-state index contributed by atoms with van der Waals surface area (Å²) < 4.78 is 1.28. The van der Waals surface area contributed by atoms with Gasteiger partial charge in [0.15, 0.2) is 0 Å². The van der Waals surface area contributed by atoms with E-state index in [1.54, 1.807) is 0 Å². The highest BCUT2D eigenvalue weighted by atomic mass is 35.5. The van der Waals surface area contributed by atoms with Crippen molar-refractivity contribution >= 4 is 6.71 Å². The molecule has 0 saturated heterocycles. The van der Waals surface area contributed by atoms with Gasteiger partial charge < -0.3 is 16.9 Å². The Labute approximate surface area is 156 Å². The Morgan fingerprint density at radius 3 is 0.913 bits per heavy atom. The molecule has 0 aliphatic carbocycles. The molecule has 0 aromatic carbocycles. The van der Waals surface area contributed by atoms with Crippen molar-refractivity contribution in [3.63, 3.8) is 0 Å². The normalized spacial score (nSPS) is 10.6. The van der Waals surface area contributed by atoms with Crippen LogP contribution in [0.1, 0.15) is 87.0 Å². The minimum atomic E-state index is 0. The highest BCUT2D eigenvalue weighted by Gasteiger charge is 2.16. The third-order valence-corrected chi connectivity index (χ3v) is 5.58. The van der Waals surface area contributed by atoms with Crippen molar-refractivity contribution in [3.05, 3.63) is 0 Å². The van der Waals surface area contributed by atoms with Crippen molar-refractivity contribution in [2.45, 2.75) is 106 Å². The van der Waals surface area contributed by atoms with Gasteiger partial charge >= 0.3 is 0 Å². The molecule has 0 amide bonds. The second-order valence-corrected chi connectivity index (χ2v) is 6.90. The lowest BCUT2D eigenvalue weighted by Crippen LogP contribution is -3.00. The van der Waals surface area contributed by atoms with E-state index in [4.69, 9.17) is 0 Å². The molecule has 3 heteroatoms. The van der Waals surface area contributed by atoms with E-state index in [9.17, 15) is 0 Å². The van der Waals surface area contributed by atoms with Crippen LogP contribution >= 0.6 is 0 Å². The second-order valence-electron chi connectivity index (χ2n) is 6.90. The zero-order valence-corrected chi connectivity index (χ0v) is 18.4. The van der Waals surface area contributed by atoms with Gasteiger partial charge in [-0.15, -0.1) is 0 Å². The number of halogens is 1. The Bertz CT molecular complexity index is 171. The topological polar surface area (TPSA) is 0 Å². The molecule has 0 bridgehead atoms. The molecule has 0 heterocycles. The summed E-state index contributed by atoms with van der Waals surface area (Å²) in [6.45, 7) is 22.2. The van der Waals surface area contributed by atoms with E-state index < -0.39 is 0 Å². The van der Waals surface area contributed by atoms with E-state index in [0.717, 1.165) is 6.71 Å². The van der Waals surface area contributed by atoms with Crippen molar-refractivity contribution in [3.8, 4) is 0 Å². The molecule has 0 unspecified atom stereocenters.